The van der Waals surface area contributed by atoms with Gasteiger partial charge in [0.1, 0.15) is 0 Å². The van der Waals surface area contributed by atoms with Crippen LogP contribution in [0, 0.1) is 0 Å². The van der Waals surface area contributed by atoms with E-state index in [2.05, 4.69) is 0 Å². The first-order chi connectivity index (χ1) is 10.7. The minimum Gasteiger partial charge on any atom is -0.287 e. The normalized spacial score (nSPS) is 20.2. The summed E-state index contributed by atoms with van der Waals surface area (Å²) in [5.41, 5.74) is 3.08. The molecule has 4 heteroatoms. The number of fused-ring (bicyclic) bond motifs is 2. The Hall–Kier alpha value is -2.20. The van der Waals surface area contributed by atoms with Gasteiger partial charge >= 0.3 is 0 Å². The molecule has 4 rings (SSSR count). The van der Waals surface area contributed by atoms with E-state index in [1.54, 1.807) is 10.8 Å². The van der Waals surface area contributed by atoms with E-state index in [-0.39, 0.29) is 17.6 Å². The van der Waals surface area contributed by atoms with Crippen LogP contribution in [-0.4, -0.2) is 14.7 Å². The Balaban J connectivity index is 1.67. The van der Waals surface area contributed by atoms with Gasteiger partial charge in [-0.3, -0.25) is 13.6 Å². The molecule has 0 amide bonds. The summed E-state index contributed by atoms with van der Waals surface area (Å²) in [5.74, 6) is 0.553. The van der Waals surface area contributed by atoms with E-state index in [1.807, 2.05) is 54.6 Å². The third kappa shape index (κ3) is 2.11. The molecule has 1 aliphatic heterocycles. The Bertz CT molecular complexity index is 897. The van der Waals surface area contributed by atoms with Gasteiger partial charge in [-0.05, 0) is 23.3 Å². The second kappa shape index (κ2) is 5.21. The minimum absolute atomic E-state index is 0.00347. The van der Waals surface area contributed by atoms with Gasteiger partial charge in [-0.1, -0.05) is 42.5 Å². The van der Waals surface area contributed by atoms with Gasteiger partial charge in [0.15, 0.2) is 0 Å². The van der Waals surface area contributed by atoms with Crippen LogP contribution in [0.3, 0.4) is 0 Å². The zero-order chi connectivity index (χ0) is 15.1. The molecule has 0 saturated carbocycles. The molecule has 2 atom stereocenters. The summed E-state index contributed by atoms with van der Waals surface area (Å²) < 4.78 is 14.0. The highest BCUT2D eigenvalue weighted by atomic mass is 32.2. The van der Waals surface area contributed by atoms with Crippen LogP contribution in [0.4, 0.5) is 0 Å². The van der Waals surface area contributed by atoms with E-state index in [0.29, 0.717) is 5.75 Å². The highest BCUT2D eigenvalue weighted by Crippen LogP contribution is 2.36. The summed E-state index contributed by atoms with van der Waals surface area (Å²) in [5, 5.41) is 0.855. The number of aromatic nitrogens is 1. The molecule has 3 aromatic rings. The van der Waals surface area contributed by atoms with E-state index >= 15 is 0 Å². The van der Waals surface area contributed by atoms with Crippen LogP contribution in [0.25, 0.3) is 10.9 Å². The Morgan fingerprint density at radius 3 is 2.77 bits per heavy atom. The van der Waals surface area contributed by atoms with Crippen LogP contribution >= 0.6 is 0 Å². The van der Waals surface area contributed by atoms with Gasteiger partial charge in [0.05, 0.1) is 10.8 Å². The molecule has 0 bridgehead atoms. The van der Waals surface area contributed by atoms with Crippen LogP contribution in [0.5, 0.6) is 0 Å². The minimum atomic E-state index is -1.01. The fourth-order valence-corrected chi connectivity index (χ4v) is 4.75. The van der Waals surface area contributed by atoms with Crippen molar-refractivity contribution < 1.29 is 9.00 Å². The molecule has 0 N–H and O–H groups in total. The molecular weight excluding hydrogens is 294 g/mol. The molecule has 110 valence electrons. The molecule has 0 spiro atoms. The molecule has 0 saturated heterocycles. The van der Waals surface area contributed by atoms with Crippen molar-refractivity contribution in [3.63, 3.8) is 0 Å². The summed E-state index contributed by atoms with van der Waals surface area (Å²) in [7, 11) is -1.01. The van der Waals surface area contributed by atoms with Crippen LogP contribution in [0.2, 0.25) is 0 Å². The standard InChI is InChI=1S/C18H15NO2S/c20-18(19-10-9-13-5-2-4-8-16(13)19)11-17-15-7-3-1-6-14(15)12-22(17)21/h1-10,17H,11-12H2/t17-,22?/m0/s1. The summed E-state index contributed by atoms with van der Waals surface area (Å²) >= 11 is 0. The van der Waals surface area contributed by atoms with Gasteiger partial charge in [-0.25, -0.2) is 0 Å². The Morgan fingerprint density at radius 2 is 1.86 bits per heavy atom. The third-order valence-electron chi connectivity index (χ3n) is 4.25. The van der Waals surface area contributed by atoms with Gasteiger partial charge in [-0.2, -0.15) is 0 Å². The monoisotopic (exact) mass is 309 g/mol. The first-order valence-electron chi connectivity index (χ1n) is 7.28. The number of carbonyl (C=O) groups is 1. The predicted octanol–water partition coefficient (Wildman–Crippen LogP) is 3.68. The molecule has 3 nitrogen and oxygen atoms in total. The van der Waals surface area contributed by atoms with Crippen molar-refractivity contribution in [1.82, 2.24) is 4.57 Å². The van der Waals surface area contributed by atoms with E-state index in [9.17, 15) is 9.00 Å². The first kappa shape index (κ1) is 13.5. The molecular formula is C18H15NO2S. The topological polar surface area (TPSA) is 39.1 Å². The van der Waals surface area contributed by atoms with Crippen LogP contribution in [0.1, 0.15) is 27.6 Å². The highest BCUT2D eigenvalue weighted by molar-refractivity contribution is 7.84. The number of para-hydroxylation sites is 1. The molecule has 2 heterocycles. The molecule has 1 aliphatic rings. The third-order valence-corrected chi connectivity index (χ3v) is 5.90. The Morgan fingerprint density at radius 1 is 1.09 bits per heavy atom. The quantitative estimate of drug-likeness (QED) is 0.724. The summed E-state index contributed by atoms with van der Waals surface area (Å²) in [6, 6.07) is 17.6. The van der Waals surface area contributed by atoms with Crippen molar-refractivity contribution in [3.8, 4) is 0 Å². The number of hydrogen-bond acceptors (Lipinski definition) is 2. The maximum Gasteiger partial charge on any atom is 0.232 e. The van der Waals surface area contributed by atoms with Crippen molar-refractivity contribution in [2.24, 2.45) is 0 Å². The lowest BCUT2D eigenvalue weighted by Gasteiger charge is -2.11. The molecule has 1 aromatic heterocycles. The van der Waals surface area contributed by atoms with Gasteiger partial charge in [-0.15, -0.1) is 0 Å². The first-order valence-corrected chi connectivity index (χ1v) is 8.66. The average Bonchev–Trinajstić information content (AvgIpc) is 3.09. The van der Waals surface area contributed by atoms with Gasteiger partial charge in [0, 0.05) is 34.6 Å². The van der Waals surface area contributed by atoms with E-state index in [0.717, 1.165) is 22.0 Å². The molecule has 0 fully saturated rings. The van der Waals surface area contributed by atoms with Crippen molar-refractivity contribution in [2.45, 2.75) is 17.4 Å². The van der Waals surface area contributed by atoms with E-state index in [1.165, 1.54) is 0 Å². The maximum absolute atomic E-state index is 12.7. The van der Waals surface area contributed by atoms with Crippen LogP contribution in [-0.2, 0) is 16.6 Å². The summed E-state index contributed by atoms with van der Waals surface area (Å²) in [6.07, 6.45) is 2.08. The predicted molar refractivity (Wildman–Crippen MR) is 88.2 cm³/mol. The molecule has 0 radical (unpaired) electrons. The smallest absolute Gasteiger partial charge is 0.232 e. The van der Waals surface area contributed by atoms with Crippen LogP contribution in [0.15, 0.2) is 60.8 Å². The molecule has 1 unspecified atom stereocenters. The van der Waals surface area contributed by atoms with Crippen molar-refractivity contribution in [1.29, 1.82) is 0 Å². The van der Waals surface area contributed by atoms with Gasteiger partial charge < -0.3 is 0 Å². The van der Waals surface area contributed by atoms with Crippen molar-refractivity contribution in [3.05, 3.63) is 71.9 Å². The second-order valence-corrected chi connectivity index (χ2v) is 7.17. The van der Waals surface area contributed by atoms with E-state index in [4.69, 9.17) is 0 Å². The van der Waals surface area contributed by atoms with E-state index < -0.39 is 10.8 Å². The second-order valence-electron chi connectivity index (χ2n) is 5.55. The zero-order valence-corrected chi connectivity index (χ0v) is 12.8. The lowest BCUT2D eigenvalue weighted by atomic mass is 10.0. The van der Waals surface area contributed by atoms with Crippen molar-refractivity contribution in [2.75, 3.05) is 0 Å². The summed E-state index contributed by atoms with van der Waals surface area (Å²) in [4.78, 5) is 12.7. The van der Waals surface area contributed by atoms with Crippen LogP contribution < -0.4 is 0 Å². The SMILES string of the molecule is O=C(C[C@H]1c2ccccc2CS1=O)n1ccc2ccccc21. The van der Waals surface area contributed by atoms with Crippen molar-refractivity contribution >= 4 is 27.6 Å². The Kier molecular flexibility index (Phi) is 3.19. The molecule has 2 aromatic carbocycles. The maximum atomic E-state index is 12.7. The fourth-order valence-electron chi connectivity index (χ4n) is 3.14. The van der Waals surface area contributed by atoms with Gasteiger partial charge in [0.25, 0.3) is 0 Å². The zero-order valence-electron chi connectivity index (χ0n) is 11.9. The lowest BCUT2D eigenvalue weighted by Crippen LogP contribution is -2.14. The van der Waals surface area contributed by atoms with Gasteiger partial charge in [0.2, 0.25) is 5.91 Å². The summed E-state index contributed by atoms with van der Waals surface area (Å²) in [6.45, 7) is 0. The largest absolute Gasteiger partial charge is 0.287 e. The number of nitrogens with zero attached hydrogens (tertiary/aromatic N) is 1. The number of carbonyl (C=O) groups excluding carboxylic acids is 1. The average molecular weight is 309 g/mol. The number of rotatable bonds is 2. The molecule has 0 aliphatic carbocycles. The fraction of sp³-hybridized carbons (Fsp3) is 0.167. The number of benzene rings is 2. The number of hydrogen-bond donors (Lipinski definition) is 0. The molecule has 22 heavy (non-hydrogen) atoms. The Labute approximate surface area is 131 Å². The highest BCUT2D eigenvalue weighted by Gasteiger charge is 2.31. The lowest BCUT2D eigenvalue weighted by molar-refractivity contribution is 0.0907.